The maximum Gasteiger partial charge on any atom is 0.337 e. The van der Waals surface area contributed by atoms with Crippen LogP contribution in [0.15, 0.2) is 81.8 Å². The number of esters is 1. The molecule has 0 bridgehead atoms. The number of hydrogen-bond donors (Lipinski definition) is 1. The van der Waals surface area contributed by atoms with Crippen molar-refractivity contribution in [2.75, 3.05) is 20.3 Å². The van der Waals surface area contributed by atoms with Gasteiger partial charge in [-0.3, -0.25) is 4.79 Å². The lowest BCUT2D eigenvalue weighted by Gasteiger charge is -2.37. The molecule has 3 heterocycles. The predicted molar refractivity (Wildman–Crippen MR) is 142 cm³/mol. The minimum absolute atomic E-state index is 0.0167. The Morgan fingerprint density at radius 1 is 1.05 bits per heavy atom. The molecule has 1 aliphatic carbocycles. The molecule has 0 spiro atoms. The summed E-state index contributed by atoms with van der Waals surface area (Å²) in [5, 5.41) is 4.40. The van der Waals surface area contributed by atoms with Crippen molar-refractivity contribution < 1.29 is 28.2 Å². The van der Waals surface area contributed by atoms with Crippen molar-refractivity contribution in [3.05, 3.63) is 88.5 Å². The third kappa shape index (κ3) is 4.41. The van der Waals surface area contributed by atoms with E-state index in [0.717, 1.165) is 28.0 Å². The zero-order valence-electron chi connectivity index (χ0n) is 21.6. The molecule has 6 rings (SSSR count). The largest absolute Gasteiger partial charge is 0.496 e. The number of rotatable bonds is 5. The lowest BCUT2D eigenvalue weighted by atomic mass is 9.71. The topological polar surface area (TPSA) is 87.0 Å². The number of dihydropyridines is 1. The number of para-hydroxylation sites is 1. The van der Waals surface area contributed by atoms with Crippen LogP contribution in [-0.2, 0) is 19.1 Å². The molecule has 1 fully saturated rings. The molecule has 3 aromatic rings. The normalized spacial score (nSPS) is 22.3. The van der Waals surface area contributed by atoms with Gasteiger partial charge in [-0.15, -0.1) is 0 Å². The molecular formula is C31H31NO6. The Morgan fingerprint density at radius 3 is 2.68 bits per heavy atom. The number of benzene rings is 2. The first-order chi connectivity index (χ1) is 18.5. The summed E-state index contributed by atoms with van der Waals surface area (Å²) in [5.41, 5.74) is 5.23. The number of hydrogen-bond acceptors (Lipinski definition) is 7. The fraction of sp³-hybridized carbons (Fsp3) is 0.355. The van der Waals surface area contributed by atoms with Crippen molar-refractivity contribution in [1.82, 2.24) is 5.32 Å². The summed E-state index contributed by atoms with van der Waals surface area (Å²) in [6.07, 6.45) is 3.76. The quantitative estimate of drug-likeness (QED) is 0.449. The number of carbonyl (C=O) groups is 2. The molecular weight excluding hydrogens is 482 g/mol. The van der Waals surface area contributed by atoms with Crippen molar-refractivity contribution in [1.29, 1.82) is 0 Å². The Morgan fingerprint density at radius 2 is 1.87 bits per heavy atom. The average Bonchev–Trinajstić information content (AvgIpc) is 3.40. The van der Waals surface area contributed by atoms with Crippen molar-refractivity contribution >= 4 is 22.7 Å². The third-order valence-electron chi connectivity index (χ3n) is 7.88. The minimum Gasteiger partial charge on any atom is -0.496 e. The molecule has 196 valence electrons. The van der Waals surface area contributed by atoms with Crippen LogP contribution >= 0.6 is 0 Å². The van der Waals surface area contributed by atoms with Crippen LogP contribution in [0.3, 0.4) is 0 Å². The van der Waals surface area contributed by atoms with E-state index in [2.05, 4.69) is 5.32 Å². The summed E-state index contributed by atoms with van der Waals surface area (Å²) in [5.74, 6) is -0.167. The molecule has 2 atom stereocenters. The van der Waals surface area contributed by atoms with Crippen LogP contribution in [0.2, 0.25) is 0 Å². The highest BCUT2D eigenvalue weighted by Gasteiger charge is 2.42. The number of ether oxygens (including phenoxy) is 3. The van der Waals surface area contributed by atoms with Gasteiger partial charge in [0.25, 0.3) is 0 Å². The van der Waals surface area contributed by atoms with Crippen molar-refractivity contribution in [2.45, 2.75) is 50.5 Å². The van der Waals surface area contributed by atoms with Gasteiger partial charge in [0.2, 0.25) is 0 Å². The second-order valence-corrected chi connectivity index (χ2v) is 10.2. The van der Waals surface area contributed by atoms with Crippen LogP contribution in [0.4, 0.5) is 0 Å². The zero-order valence-corrected chi connectivity index (χ0v) is 21.6. The van der Waals surface area contributed by atoms with Gasteiger partial charge in [-0.05, 0) is 42.7 Å². The minimum atomic E-state index is -0.542. The number of ketones is 1. The Balaban J connectivity index is 1.41. The molecule has 1 N–H and O–H groups in total. The van der Waals surface area contributed by atoms with E-state index in [1.54, 1.807) is 13.4 Å². The Bertz CT molecular complexity index is 1460. The molecule has 1 saturated heterocycles. The predicted octanol–water partition coefficient (Wildman–Crippen LogP) is 5.53. The molecule has 7 nitrogen and oxygen atoms in total. The summed E-state index contributed by atoms with van der Waals surface area (Å²) >= 11 is 0. The SMILES string of the molecule is COc1ccccc1C1CC(=O)C2=C(C1)NC(C)=C(C(=O)OC1CCOCC1)C2c1ccc2ccoc2c1. The smallest absolute Gasteiger partial charge is 0.337 e. The summed E-state index contributed by atoms with van der Waals surface area (Å²) in [6.45, 7) is 3.04. The Kier molecular flexibility index (Phi) is 6.54. The first-order valence-electron chi connectivity index (χ1n) is 13.2. The van der Waals surface area contributed by atoms with Crippen molar-refractivity contribution in [2.24, 2.45) is 0 Å². The highest BCUT2D eigenvalue weighted by atomic mass is 16.6. The second-order valence-electron chi connectivity index (χ2n) is 10.2. The Hall–Kier alpha value is -3.84. The maximum absolute atomic E-state index is 13.9. The first-order valence-corrected chi connectivity index (χ1v) is 13.2. The second kappa shape index (κ2) is 10.1. The van der Waals surface area contributed by atoms with Gasteiger partial charge in [-0.1, -0.05) is 30.3 Å². The van der Waals surface area contributed by atoms with Crippen LogP contribution in [0.25, 0.3) is 11.0 Å². The third-order valence-corrected chi connectivity index (χ3v) is 7.88. The average molecular weight is 514 g/mol. The fourth-order valence-electron chi connectivity index (χ4n) is 6.03. The maximum atomic E-state index is 13.9. The number of fused-ring (bicyclic) bond motifs is 1. The summed E-state index contributed by atoms with van der Waals surface area (Å²) in [7, 11) is 1.65. The van der Waals surface area contributed by atoms with E-state index in [9.17, 15) is 9.59 Å². The fourth-order valence-corrected chi connectivity index (χ4v) is 6.03. The van der Waals surface area contributed by atoms with Crippen LogP contribution in [-0.4, -0.2) is 38.2 Å². The molecule has 2 aromatic carbocycles. The molecule has 0 saturated carbocycles. The van der Waals surface area contributed by atoms with Gasteiger partial charge < -0.3 is 23.9 Å². The lowest BCUT2D eigenvalue weighted by molar-refractivity contribution is -0.148. The molecule has 1 aromatic heterocycles. The number of methoxy groups -OCH3 is 1. The van der Waals surface area contributed by atoms with Gasteiger partial charge in [0.1, 0.15) is 17.4 Å². The van der Waals surface area contributed by atoms with E-state index in [1.807, 2.05) is 55.5 Å². The number of nitrogens with one attached hydrogen (secondary N) is 1. The number of allylic oxidation sites excluding steroid dienone is 3. The first kappa shape index (κ1) is 24.5. The van der Waals surface area contributed by atoms with Gasteiger partial charge in [-0.25, -0.2) is 4.79 Å². The van der Waals surface area contributed by atoms with Crippen LogP contribution < -0.4 is 10.1 Å². The van der Waals surface area contributed by atoms with E-state index >= 15 is 0 Å². The van der Waals surface area contributed by atoms with Crippen molar-refractivity contribution in [3.63, 3.8) is 0 Å². The van der Waals surface area contributed by atoms with E-state index in [0.29, 0.717) is 61.3 Å². The lowest BCUT2D eigenvalue weighted by Crippen LogP contribution is -2.37. The molecule has 7 heteroatoms. The monoisotopic (exact) mass is 513 g/mol. The van der Waals surface area contributed by atoms with Gasteiger partial charge in [0, 0.05) is 53.5 Å². The van der Waals surface area contributed by atoms with E-state index in [4.69, 9.17) is 18.6 Å². The molecule has 2 unspecified atom stereocenters. The molecule has 0 radical (unpaired) electrons. The highest BCUT2D eigenvalue weighted by Crippen LogP contribution is 2.47. The van der Waals surface area contributed by atoms with Crippen LogP contribution in [0.1, 0.15) is 55.6 Å². The van der Waals surface area contributed by atoms with E-state index < -0.39 is 11.9 Å². The van der Waals surface area contributed by atoms with Gasteiger partial charge >= 0.3 is 5.97 Å². The van der Waals surface area contributed by atoms with Gasteiger partial charge in [0.15, 0.2) is 5.78 Å². The summed E-state index contributed by atoms with van der Waals surface area (Å²) < 4.78 is 22.7. The summed E-state index contributed by atoms with van der Waals surface area (Å²) in [4.78, 5) is 27.6. The van der Waals surface area contributed by atoms with E-state index in [-0.39, 0.29) is 17.8 Å². The molecule has 2 aliphatic heterocycles. The number of carbonyl (C=O) groups excluding carboxylic acids is 2. The molecule has 38 heavy (non-hydrogen) atoms. The van der Waals surface area contributed by atoms with E-state index in [1.165, 1.54) is 0 Å². The van der Waals surface area contributed by atoms with Crippen LogP contribution in [0.5, 0.6) is 5.75 Å². The van der Waals surface area contributed by atoms with Crippen LogP contribution in [0, 0.1) is 0 Å². The molecule has 3 aliphatic rings. The van der Waals surface area contributed by atoms with Gasteiger partial charge in [-0.2, -0.15) is 0 Å². The zero-order chi connectivity index (χ0) is 26.2. The van der Waals surface area contributed by atoms with Gasteiger partial charge in [0.05, 0.1) is 32.2 Å². The summed E-state index contributed by atoms with van der Waals surface area (Å²) in [6, 6.07) is 15.6. The standard InChI is InChI=1S/C31H31NO6/c1-18-28(31(34)38-22-10-12-36-13-11-22)29(20-8-7-19-9-14-37-27(19)17-20)30-24(32-18)15-21(16-25(30)33)23-5-3-4-6-26(23)35-2/h3-9,14,17,21-22,29,32H,10-13,15-16H2,1-2H3. The highest BCUT2D eigenvalue weighted by molar-refractivity contribution is 6.04. The molecule has 0 amide bonds. The number of Topliss-reactive ketones (excluding diaryl/α,β-unsaturated/α-hetero) is 1. The Labute approximate surface area is 221 Å². The van der Waals surface area contributed by atoms with Crippen molar-refractivity contribution in [3.8, 4) is 5.75 Å². The number of furan rings is 1.